The fourth-order valence-corrected chi connectivity index (χ4v) is 7.57. The second-order valence-electron chi connectivity index (χ2n) is 15.7. The number of ether oxygens (including phenoxy) is 2. The van der Waals surface area contributed by atoms with Crippen molar-refractivity contribution in [3.63, 3.8) is 0 Å². The quantitative estimate of drug-likeness (QED) is 0.0354. The summed E-state index contributed by atoms with van der Waals surface area (Å²) in [6.45, 7) is 2.86. The van der Waals surface area contributed by atoms with Crippen molar-refractivity contribution in [2.24, 2.45) is 0 Å². The Labute approximate surface area is 365 Å². The van der Waals surface area contributed by atoms with E-state index < -0.39 is 65.8 Å². The number of hydrogen-bond acceptors (Lipinski definition) is 13. The van der Waals surface area contributed by atoms with Crippen molar-refractivity contribution in [1.82, 2.24) is 40.6 Å². The van der Waals surface area contributed by atoms with Crippen LogP contribution in [0.1, 0.15) is 73.8 Å². The van der Waals surface area contributed by atoms with E-state index in [0.29, 0.717) is 52.7 Å². The molecule has 0 saturated carbocycles. The average molecular weight is 889 g/mol. The maximum absolute atomic E-state index is 14.9. The van der Waals surface area contributed by atoms with E-state index in [1.54, 1.807) is 26.0 Å². The van der Waals surface area contributed by atoms with Crippen molar-refractivity contribution in [3.05, 3.63) is 74.3 Å². The number of halogens is 1. The molecule has 0 bridgehead atoms. The Morgan fingerprint density at radius 2 is 1.69 bits per heavy atom. The van der Waals surface area contributed by atoms with Gasteiger partial charge < -0.3 is 45.3 Å². The highest BCUT2D eigenvalue weighted by Crippen LogP contribution is 2.40. The van der Waals surface area contributed by atoms with Crippen LogP contribution in [0.2, 0.25) is 0 Å². The average Bonchev–Trinajstić information content (AvgIpc) is 3.80. The number of imide groups is 1. The number of cyclic esters (lactones) is 1. The highest BCUT2D eigenvalue weighted by atomic mass is 19.1. The molecule has 0 aliphatic carbocycles. The summed E-state index contributed by atoms with van der Waals surface area (Å²) in [6.07, 6.45) is 4.08. The van der Waals surface area contributed by atoms with Crippen LogP contribution in [-0.2, 0) is 73.1 Å². The third-order valence-electron chi connectivity index (χ3n) is 11.3. The molecule has 3 aliphatic rings. The van der Waals surface area contributed by atoms with Crippen LogP contribution < -0.4 is 26.8 Å². The van der Waals surface area contributed by atoms with Gasteiger partial charge in [-0.3, -0.25) is 43.3 Å². The third kappa shape index (κ3) is 9.99. The van der Waals surface area contributed by atoms with Gasteiger partial charge in [-0.1, -0.05) is 13.3 Å². The Morgan fingerprint density at radius 1 is 0.969 bits per heavy atom. The molecule has 20 nitrogen and oxygen atoms in total. The molecule has 0 radical (unpaired) electrons. The zero-order valence-electron chi connectivity index (χ0n) is 35.8. The number of fused-ring (bicyclic) bond motifs is 5. The first-order valence-electron chi connectivity index (χ1n) is 20.7. The number of benzene rings is 1. The topological polar surface area (TPSA) is 265 Å². The minimum Gasteiger partial charge on any atom is -0.458 e. The summed E-state index contributed by atoms with van der Waals surface area (Å²) in [4.78, 5) is 119. The Bertz CT molecular complexity index is 2520. The summed E-state index contributed by atoms with van der Waals surface area (Å²) in [5.41, 5.74) is 0.181. The molecule has 5 N–H and O–H groups in total. The van der Waals surface area contributed by atoms with E-state index in [1.165, 1.54) is 41.7 Å². The summed E-state index contributed by atoms with van der Waals surface area (Å²) in [6, 6.07) is 3.38. The molecule has 340 valence electrons. The smallest absolute Gasteiger partial charge is 0.343 e. The Hall–Kier alpha value is -6.87. The first-order chi connectivity index (χ1) is 30.4. The molecule has 7 amide bonds. The van der Waals surface area contributed by atoms with Crippen LogP contribution >= 0.6 is 0 Å². The van der Waals surface area contributed by atoms with Crippen LogP contribution in [0.3, 0.4) is 0 Å². The minimum absolute atomic E-state index is 0.00976. The van der Waals surface area contributed by atoms with Crippen molar-refractivity contribution >= 4 is 58.2 Å². The molecule has 21 heteroatoms. The summed E-state index contributed by atoms with van der Waals surface area (Å²) in [5.74, 6) is -4.95. The standard InChI is InChI=1S/C43H49FN8O12/c1-5-43(62)29-14-32-39-27(19-52(32)41(60)28(29)20-64-42(43)61)26(25-13-23(2)30(44)15-31(25)49-39)18-50(4)38(58)21-63-22-47-34(54)16-46-40(59)24(3)48-35(55)17-45-33(53)9-7-6-8-12-51-36(56)10-11-37(51)57/h10-11,13-15,24,62H,5-9,12,16-22H2,1-4H3,(H,45,53)(H,46,59)(H,47,54)(H,48,55)/t24-,43-/m0/s1. The molecule has 5 heterocycles. The van der Waals surface area contributed by atoms with Crippen molar-refractivity contribution in [1.29, 1.82) is 0 Å². The van der Waals surface area contributed by atoms with Crippen molar-refractivity contribution in [2.75, 3.05) is 40.0 Å². The van der Waals surface area contributed by atoms with Gasteiger partial charge in [-0.05, 0) is 56.4 Å². The summed E-state index contributed by atoms with van der Waals surface area (Å²) >= 11 is 0. The number of nitrogens with one attached hydrogen (secondary N) is 4. The van der Waals surface area contributed by atoms with Crippen LogP contribution in [0, 0.1) is 12.7 Å². The molecule has 1 aromatic carbocycles. The van der Waals surface area contributed by atoms with E-state index in [-0.39, 0.29) is 86.7 Å². The van der Waals surface area contributed by atoms with Crippen LogP contribution in [0.15, 0.2) is 35.1 Å². The van der Waals surface area contributed by atoms with Gasteiger partial charge in [0.2, 0.25) is 29.5 Å². The van der Waals surface area contributed by atoms with Crippen LogP contribution in [-0.4, -0.2) is 118 Å². The van der Waals surface area contributed by atoms with Crippen LogP contribution in [0.25, 0.3) is 22.3 Å². The monoisotopic (exact) mass is 888 g/mol. The number of aryl methyl sites for hydroxylation is 1. The predicted octanol–water partition coefficient (Wildman–Crippen LogP) is -0.202. The Morgan fingerprint density at radius 3 is 2.41 bits per heavy atom. The normalized spacial score (nSPS) is 16.5. The summed E-state index contributed by atoms with van der Waals surface area (Å²) in [7, 11) is 1.52. The van der Waals surface area contributed by atoms with Gasteiger partial charge in [0.1, 0.15) is 31.8 Å². The zero-order valence-corrected chi connectivity index (χ0v) is 35.8. The predicted molar refractivity (Wildman–Crippen MR) is 223 cm³/mol. The lowest BCUT2D eigenvalue weighted by atomic mass is 9.86. The minimum atomic E-state index is -2.04. The molecule has 0 spiro atoms. The number of hydrogen-bond donors (Lipinski definition) is 5. The number of likely N-dealkylation sites (N-methyl/N-ethyl adjacent to an activating group) is 1. The fraction of sp³-hybridized carbons (Fsp3) is 0.442. The van der Waals surface area contributed by atoms with Gasteiger partial charge >= 0.3 is 5.97 Å². The highest BCUT2D eigenvalue weighted by molar-refractivity contribution is 6.12. The zero-order chi connectivity index (χ0) is 46.5. The lowest BCUT2D eigenvalue weighted by Crippen LogP contribution is -2.49. The molecule has 6 rings (SSSR count). The van der Waals surface area contributed by atoms with Crippen molar-refractivity contribution in [3.8, 4) is 11.4 Å². The highest BCUT2D eigenvalue weighted by Gasteiger charge is 2.45. The largest absolute Gasteiger partial charge is 0.458 e. The second-order valence-corrected chi connectivity index (χ2v) is 15.7. The molecule has 2 aromatic heterocycles. The molecule has 64 heavy (non-hydrogen) atoms. The molecular weight excluding hydrogens is 840 g/mol. The Balaban J connectivity index is 0.946. The number of aliphatic hydroxyl groups is 1. The molecule has 2 atom stereocenters. The first-order valence-corrected chi connectivity index (χ1v) is 20.7. The SMILES string of the molecule is CC[C@@]1(O)C(=O)OCc2c1cc1n(c2=O)Cc2c-1nc1cc(F)c(C)cc1c2CN(C)C(=O)COCNC(=O)CNC(=O)[C@H](C)NC(=O)CNC(=O)CCCCCN1C(=O)C=CC1=O. The number of carbonyl (C=O) groups excluding carboxylic acids is 8. The first kappa shape index (κ1) is 46.6. The number of unbranched alkanes of at least 4 members (excludes halogenated alkanes) is 2. The van der Waals surface area contributed by atoms with Gasteiger partial charge in [-0.15, -0.1) is 0 Å². The van der Waals surface area contributed by atoms with Gasteiger partial charge in [-0.25, -0.2) is 14.2 Å². The lowest BCUT2D eigenvalue weighted by molar-refractivity contribution is -0.172. The number of pyridine rings is 2. The van der Waals surface area contributed by atoms with E-state index in [1.807, 2.05) is 0 Å². The van der Waals surface area contributed by atoms with Crippen LogP contribution in [0.4, 0.5) is 4.39 Å². The number of rotatable bonds is 19. The molecule has 0 fully saturated rings. The maximum Gasteiger partial charge on any atom is 0.343 e. The number of nitrogens with zero attached hydrogens (tertiary/aromatic N) is 4. The van der Waals surface area contributed by atoms with E-state index in [0.717, 1.165) is 4.90 Å². The second kappa shape index (κ2) is 19.7. The molecule has 0 saturated heterocycles. The van der Waals surface area contributed by atoms with E-state index in [2.05, 4.69) is 21.3 Å². The van der Waals surface area contributed by atoms with Gasteiger partial charge in [-0.2, -0.15) is 0 Å². The number of amides is 7. The number of carbonyl (C=O) groups is 8. The lowest BCUT2D eigenvalue weighted by Gasteiger charge is -2.31. The van der Waals surface area contributed by atoms with Gasteiger partial charge in [0, 0.05) is 61.3 Å². The van der Waals surface area contributed by atoms with E-state index in [4.69, 9.17) is 14.5 Å². The van der Waals surface area contributed by atoms with Gasteiger partial charge in [0.15, 0.2) is 5.60 Å². The van der Waals surface area contributed by atoms with Gasteiger partial charge in [0.05, 0.1) is 42.1 Å². The Kier molecular flexibility index (Phi) is 14.3. The molecule has 0 unspecified atom stereocenters. The fourth-order valence-electron chi connectivity index (χ4n) is 7.57. The summed E-state index contributed by atoms with van der Waals surface area (Å²) < 4.78 is 26.9. The molecule has 3 aromatic rings. The molecule has 3 aliphatic heterocycles. The third-order valence-corrected chi connectivity index (χ3v) is 11.3. The number of aromatic nitrogens is 2. The van der Waals surface area contributed by atoms with E-state index >= 15 is 0 Å². The van der Waals surface area contributed by atoms with Gasteiger partial charge in [0.25, 0.3) is 17.4 Å². The summed E-state index contributed by atoms with van der Waals surface area (Å²) in [5, 5.41) is 21.5. The van der Waals surface area contributed by atoms with Crippen molar-refractivity contribution in [2.45, 2.75) is 84.2 Å². The van der Waals surface area contributed by atoms with E-state index in [9.17, 15) is 52.6 Å². The van der Waals surface area contributed by atoms with Crippen LogP contribution in [0.5, 0.6) is 0 Å². The number of esters is 1. The maximum atomic E-state index is 14.9. The molecular formula is C43H49FN8O12. The van der Waals surface area contributed by atoms with Crippen molar-refractivity contribution < 1.29 is 57.3 Å².